The summed E-state index contributed by atoms with van der Waals surface area (Å²) >= 11 is 0. The number of nitrogens with zero attached hydrogens (tertiary/aromatic N) is 1. The number of hydrogen-bond donors (Lipinski definition) is 0. The number of methoxy groups -OCH3 is 1. The zero-order valence-electron chi connectivity index (χ0n) is 13.7. The van der Waals surface area contributed by atoms with E-state index in [1.165, 1.54) is 18.2 Å². The largest absolute Gasteiger partial charge is 0.466 e. The summed E-state index contributed by atoms with van der Waals surface area (Å²) in [4.78, 5) is 37.4. The Morgan fingerprint density at radius 2 is 1.82 bits per heavy atom. The van der Waals surface area contributed by atoms with Crippen LogP contribution in [0.2, 0.25) is 0 Å². The van der Waals surface area contributed by atoms with Crippen molar-refractivity contribution in [1.82, 2.24) is 4.90 Å². The lowest BCUT2D eigenvalue weighted by atomic mass is 9.78. The fraction of sp³-hybridized carbons (Fsp3) is 0.667. The van der Waals surface area contributed by atoms with E-state index in [0.29, 0.717) is 0 Å². The fourth-order valence-corrected chi connectivity index (χ4v) is 2.37. The molecule has 0 aromatic rings. The molecule has 0 saturated carbocycles. The number of carbonyl (C=O) groups is 3. The Bertz CT molecular complexity index is 482. The second-order valence-electron chi connectivity index (χ2n) is 5.38. The summed E-state index contributed by atoms with van der Waals surface area (Å²) in [6, 6.07) is 0. The summed E-state index contributed by atoms with van der Waals surface area (Å²) < 4.78 is 14.8. The van der Waals surface area contributed by atoms with Gasteiger partial charge in [0.25, 0.3) is 0 Å². The Labute approximate surface area is 130 Å². The number of carbonyl (C=O) groups excluding carboxylic acids is 3. The molecule has 0 aliphatic carbocycles. The monoisotopic (exact) mass is 313 g/mol. The number of esters is 2. The predicted octanol–water partition coefficient (Wildman–Crippen LogP) is 1.86. The second kappa shape index (κ2) is 7.29. The van der Waals surface area contributed by atoms with E-state index >= 15 is 0 Å². The highest BCUT2D eigenvalue weighted by atomic mass is 16.5. The first-order valence-corrected chi connectivity index (χ1v) is 7.21. The van der Waals surface area contributed by atoms with Crippen LogP contribution >= 0.6 is 0 Å². The van der Waals surface area contributed by atoms with Gasteiger partial charge in [0.1, 0.15) is 0 Å². The highest BCUT2D eigenvalue weighted by molar-refractivity contribution is 5.91. The molecule has 1 aliphatic rings. The summed E-state index contributed by atoms with van der Waals surface area (Å²) in [6.45, 7) is 7.28. The first kappa shape index (κ1) is 18.0. The molecule has 1 amide bonds. The minimum atomic E-state index is -0.880. The molecule has 0 saturated heterocycles. The van der Waals surface area contributed by atoms with E-state index in [4.69, 9.17) is 14.2 Å². The Morgan fingerprint density at radius 1 is 1.23 bits per heavy atom. The van der Waals surface area contributed by atoms with Crippen LogP contribution in [0, 0.1) is 5.92 Å². The van der Waals surface area contributed by atoms with Crippen LogP contribution in [0.25, 0.3) is 0 Å². The van der Waals surface area contributed by atoms with Crippen molar-refractivity contribution in [3.8, 4) is 0 Å². The van der Waals surface area contributed by atoms with Crippen LogP contribution in [0.15, 0.2) is 11.8 Å². The van der Waals surface area contributed by atoms with E-state index in [1.807, 2.05) is 0 Å². The van der Waals surface area contributed by atoms with Crippen LogP contribution in [0.3, 0.4) is 0 Å². The van der Waals surface area contributed by atoms with E-state index in [9.17, 15) is 14.4 Å². The molecule has 1 rings (SSSR count). The van der Waals surface area contributed by atoms with Crippen molar-refractivity contribution in [2.75, 3.05) is 20.3 Å². The predicted molar refractivity (Wildman–Crippen MR) is 77.8 cm³/mol. The lowest BCUT2D eigenvalue weighted by molar-refractivity contribution is -0.153. The van der Waals surface area contributed by atoms with Crippen LogP contribution in [0.4, 0.5) is 4.79 Å². The minimum Gasteiger partial charge on any atom is -0.466 e. The number of ether oxygens (including phenoxy) is 3. The normalized spacial score (nSPS) is 20.0. The molecule has 22 heavy (non-hydrogen) atoms. The van der Waals surface area contributed by atoms with Crippen molar-refractivity contribution in [2.45, 2.75) is 39.7 Å². The average Bonchev–Trinajstić information content (AvgIpc) is 2.46. The topological polar surface area (TPSA) is 82.1 Å². The summed E-state index contributed by atoms with van der Waals surface area (Å²) in [5, 5.41) is 0. The van der Waals surface area contributed by atoms with Crippen molar-refractivity contribution < 1.29 is 28.6 Å². The summed E-state index contributed by atoms with van der Waals surface area (Å²) in [6.07, 6.45) is 0.887. The summed E-state index contributed by atoms with van der Waals surface area (Å²) in [5.74, 6) is -1.70. The van der Waals surface area contributed by atoms with Gasteiger partial charge in [0.2, 0.25) is 0 Å². The molecule has 0 spiro atoms. The van der Waals surface area contributed by atoms with E-state index in [0.717, 1.165) is 0 Å². The maximum absolute atomic E-state index is 12.2. The van der Waals surface area contributed by atoms with Crippen LogP contribution in [-0.2, 0) is 23.8 Å². The van der Waals surface area contributed by atoms with Gasteiger partial charge in [-0.25, -0.2) is 9.59 Å². The molecule has 0 aromatic carbocycles. The first-order chi connectivity index (χ1) is 10.3. The van der Waals surface area contributed by atoms with Gasteiger partial charge < -0.3 is 14.2 Å². The van der Waals surface area contributed by atoms with Crippen LogP contribution in [0.1, 0.15) is 34.1 Å². The smallest absolute Gasteiger partial charge is 0.414 e. The minimum absolute atomic E-state index is 0.151. The zero-order valence-corrected chi connectivity index (χ0v) is 13.7. The molecule has 7 nitrogen and oxygen atoms in total. The SMILES string of the molecule is CCOC(=O)C1=CN(C(=O)OC)C(C)(C)C(C(=O)OCC)C1. The van der Waals surface area contributed by atoms with Crippen LogP contribution in [-0.4, -0.2) is 48.8 Å². The van der Waals surface area contributed by atoms with Gasteiger partial charge >= 0.3 is 18.0 Å². The lowest BCUT2D eigenvalue weighted by Crippen LogP contribution is -2.55. The molecule has 124 valence electrons. The molecule has 1 unspecified atom stereocenters. The van der Waals surface area contributed by atoms with E-state index in [-0.39, 0.29) is 25.2 Å². The Morgan fingerprint density at radius 3 is 2.32 bits per heavy atom. The molecular formula is C15H23NO6. The van der Waals surface area contributed by atoms with Gasteiger partial charge in [0, 0.05) is 6.20 Å². The van der Waals surface area contributed by atoms with Crippen molar-refractivity contribution in [2.24, 2.45) is 5.92 Å². The Hall–Kier alpha value is -2.05. The number of hydrogen-bond acceptors (Lipinski definition) is 6. The highest BCUT2D eigenvalue weighted by Gasteiger charge is 2.47. The third-order valence-electron chi connectivity index (χ3n) is 3.66. The molecule has 0 bridgehead atoms. The fourth-order valence-electron chi connectivity index (χ4n) is 2.37. The van der Waals surface area contributed by atoms with Crippen LogP contribution in [0.5, 0.6) is 0 Å². The van der Waals surface area contributed by atoms with E-state index in [2.05, 4.69) is 0 Å². The van der Waals surface area contributed by atoms with Gasteiger partial charge in [0.15, 0.2) is 0 Å². The van der Waals surface area contributed by atoms with Crippen molar-refractivity contribution in [1.29, 1.82) is 0 Å². The second-order valence-corrected chi connectivity index (χ2v) is 5.38. The Kier molecular flexibility index (Phi) is 5.96. The number of rotatable bonds is 4. The number of amides is 1. The van der Waals surface area contributed by atoms with Crippen LogP contribution < -0.4 is 0 Å². The molecule has 0 N–H and O–H groups in total. The van der Waals surface area contributed by atoms with Gasteiger partial charge in [-0.3, -0.25) is 9.69 Å². The summed E-state index contributed by atoms with van der Waals surface area (Å²) in [5.41, 5.74) is -0.639. The zero-order chi connectivity index (χ0) is 16.9. The highest BCUT2D eigenvalue weighted by Crippen LogP contribution is 2.37. The van der Waals surface area contributed by atoms with Gasteiger partial charge in [-0.1, -0.05) is 0 Å². The van der Waals surface area contributed by atoms with Gasteiger partial charge in [0.05, 0.1) is 37.4 Å². The quantitative estimate of drug-likeness (QED) is 0.582. The molecule has 7 heteroatoms. The van der Waals surface area contributed by atoms with Gasteiger partial charge in [-0.15, -0.1) is 0 Å². The van der Waals surface area contributed by atoms with E-state index < -0.39 is 29.5 Å². The van der Waals surface area contributed by atoms with E-state index in [1.54, 1.807) is 27.7 Å². The maximum atomic E-state index is 12.2. The average molecular weight is 313 g/mol. The molecule has 0 aromatic heterocycles. The maximum Gasteiger partial charge on any atom is 0.414 e. The molecule has 0 radical (unpaired) electrons. The van der Waals surface area contributed by atoms with Crippen molar-refractivity contribution in [3.63, 3.8) is 0 Å². The standard InChI is InChI=1S/C15H23NO6/c1-6-21-12(17)10-8-11(13(18)22-7-2)15(3,4)16(9-10)14(19)20-5/h9,11H,6-8H2,1-5H3. The van der Waals surface area contributed by atoms with Crippen molar-refractivity contribution >= 4 is 18.0 Å². The molecule has 1 heterocycles. The lowest BCUT2D eigenvalue weighted by Gasteiger charge is -2.43. The molecule has 0 fully saturated rings. The van der Waals surface area contributed by atoms with Gasteiger partial charge in [-0.2, -0.15) is 0 Å². The third-order valence-corrected chi connectivity index (χ3v) is 3.66. The molecule has 1 atom stereocenters. The molecule has 1 aliphatic heterocycles. The third kappa shape index (κ3) is 3.58. The van der Waals surface area contributed by atoms with Gasteiger partial charge in [-0.05, 0) is 34.1 Å². The summed E-state index contributed by atoms with van der Waals surface area (Å²) in [7, 11) is 1.24. The first-order valence-electron chi connectivity index (χ1n) is 7.21. The molecular weight excluding hydrogens is 290 g/mol. The Balaban J connectivity index is 3.22. The van der Waals surface area contributed by atoms with Crippen molar-refractivity contribution in [3.05, 3.63) is 11.8 Å².